The molecule has 2 aromatic rings. The predicted molar refractivity (Wildman–Crippen MR) is 82.2 cm³/mol. The van der Waals surface area contributed by atoms with E-state index in [0.717, 1.165) is 29.8 Å². The van der Waals surface area contributed by atoms with E-state index >= 15 is 0 Å². The van der Waals surface area contributed by atoms with Crippen LogP contribution in [0.5, 0.6) is 0 Å². The zero-order chi connectivity index (χ0) is 14.1. The molecule has 0 spiro atoms. The molecule has 2 nitrogen and oxygen atoms in total. The summed E-state index contributed by atoms with van der Waals surface area (Å²) < 4.78 is 0. The molecule has 0 bridgehead atoms. The lowest BCUT2D eigenvalue weighted by atomic mass is 9.93. The Labute approximate surface area is 120 Å². The van der Waals surface area contributed by atoms with Crippen molar-refractivity contribution >= 4 is 11.6 Å². The summed E-state index contributed by atoms with van der Waals surface area (Å²) in [5, 5.41) is 0. The Balaban J connectivity index is 2.00. The van der Waals surface area contributed by atoms with Gasteiger partial charge in [-0.05, 0) is 43.0 Å². The zero-order valence-electron chi connectivity index (χ0n) is 12.0. The van der Waals surface area contributed by atoms with Crippen LogP contribution in [0.4, 0.5) is 5.69 Å². The lowest BCUT2D eigenvalue weighted by Crippen LogP contribution is -2.39. The first-order valence-corrected chi connectivity index (χ1v) is 7.11. The molecule has 2 aromatic carbocycles. The molecule has 1 aliphatic heterocycles. The quantitative estimate of drug-likeness (QED) is 0.767. The minimum Gasteiger partial charge on any atom is -0.308 e. The van der Waals surface area contributed by atoms with Crippen LogP contribution in [0.3, 0.4) is 0 Å². The van der Waals surface area contributed by atoms with E-state index in [-0.39, 0.29) is 5.91 Å². The number of carbonyl (C=O) groups excluding carboxylic acids is 1. The molecule has 0 aromatic heterocycles. The first-order chi connectivity index (χ1) is 9.65. The van der Waals surface area contributed by atoms with Crippen LogP contribution < -0.4 is 4.90 Å². The topological polar surface area (TPSA) is 20.3 Å². The van der Waals surface area contributed by atoms with Gasteiger partial charge < -0.3 is 4.90 Å². The number of fused-ring (bicyclic) bond motifs is 1. The molecule has 102 valence electrons. The minimum absolute atomic E-state index is 0.104. The molecular weight excluding hydrogens is 246 g/mol. The molecule has 0 saturated heterocycles. The van der Waals surface area contributed by atoms with Crippen LogP contribution in [0.2, 0.25) is 0 Å². The standard InChI is InChI=1S/C18H19NO/c1-13-6-5-8-16(10-13)18(20)19-12-14(2)11-15-7-3-4-9-17(15)19/h3-10,14H,11-12H2,1-2H3. The fourth-order valence-electron chi connectivity index (χ4n) is 2.92. The summed E-state index contributed by atoms with van der Waals surface area (Å²) in [7, 11) is 0. The van der Waals surface area contributed by atoms with E-state index in [1.807, 2.05) is 48.2 Å². The van der Waals surface area contributed by atoms with Gasteiger partial charge in [-0.2, -0.15) is 0 Å². The average Bonchev–Trinajstić information content (AvgIpc) is 2.45. The Hall–Kier alpha value is -2.09. The predicted octanol–water partition coefficient (Wildman–Crippen LogP) is 3.83. The molecule has 0 radical (unpaired) electrons. The second kappa shape index (κ2) is 5.12. The number of nitrogens with zero attached hydrogens (tertiary/aromatic N) is 1. The van der Waals surface area contributed by atoms with Crippen LogP contribution in [-0.2, 0) is 6.42 Å². The highest BCUT2D eigenvalue weighted by Crippen LogP contribution is 2.30. The Morgan fingerprint density at radius 1 is 1.15 bits per heavy atom. The highest BCUT2D eigenvalue weighted by atomic mass is 16.2. The third-order valence-electron chi connectivity index (χ3n) is 3.86. The first kappa shape index (κ1) is 12.9. The second-order valence-electron chi connectivity index (χ2n) is 5.72. The summed E-state index contributed by atoms with van der Waals surface area (Å²) >= 11 is 0. The zero-order valence-corrected chi connectivity index (χ0v) is 12.0. The third kappa shape index (κ3) is 2.34. The van der Waals surface area contributed by atoms with Crippen LogP contribution in [0, 0.1) is 12.8 Å². The maximum absolute atomic E-state index is 12.8. The van der Waals surface area contributed by atoms with Gasteiger partial charge in [-0.1, -0.05) is 42.8 Å². The van der Waals surface area contributed by atoms with Crippen LogP contribution in [-0.4, -0.2) is 12.5 Å². The number of benzene rings is 2. The Kier molecular flexibility index (Phi) is 3.31. The van der Waals surface area contributed by atoms with Gasteiger partial charge in [-0.25, -0.2) is 0 Å². The van der Waals surface area contributed by atoms with Crippen LogP contribution in [0.15, 0.2) is 48.5 Å². The molecule has 3 rings (SSSR count). The number of amides is 1. The fraction of sp³-hybridized carbons (Fsp3) is 0.278. The van der Waals surface area contributed by atoms with E-state index in [1.165, 1.54) is 5.56 Å². The highest BCUT2D eigenvalue weighted by Gasteiger charge is 2.26. The average molecular weight is 265 g/mol. The van der Waals surface area contributed by atoms with Gasteiger partial charge in [0.1, 0.15) is 0 Å². The smallest absolute Gasteiger partial charge is 0.258 e. The maximum atomic E-state index is 12.8. The molecule has 1 aliphatic rings. The number of hydrogen-bond donors (Lipinski definition) is 0. The molecule has 20 heavy (non-hydrogen) atoms. The van der Waals surface area contributed by atoms with Gasteiger partial charge in [0.25, 0.3) is 5.91 Å². The van der Waals surface area contributed by atoms with Gasteiger partial charge in [-0.15, -0.1) is 0 Å². The molecule has 1 atom stereocenters. The summed E-state index contributed by atoms with van der Waals surface area (Å²) in [4.78, 5) is 14.7. The summed E-state index contributed by atoms with van der Waals surface area (Å²) in [6.07, 6.45) is 1.05. The Bertz CT molecular complexity index is 647. The van der Waals surface area contributed by atoms with Crippen molar-refractivity contribution in [1.82, 2.24) is 0 Å². The minimum atomic E-state index is 0.104. The number of anilines is 1. The van der Waals surface area contributed by atoms with E-state index in [4.69, 9.17) is 0 Å². The largest absolute Gasteiger partial charge is 0.308 e. The molecule has 0 saturated carbocycles. The normalized spacial score (nSPS) is 17.7. The summed E-state index contributed by atoms with van der Waals surface area (Å²) in [6.45, 7) is 5.01. The Morgan fingerprint density at radius 2 is 1.95 bits per heavy atom. The van der Waals surface area contributed by atoms with Gasteiger partial charge in [0.2, 0.25) is 0 Å². The molecule has 1 heterocycles. The van der Waals surface area contributed by atoms with E-state index in [2.05, 4.69) is 19.1 Å². The van der Waals surface area contributed by atoms with Crippen LogP contribution in [0.25, 0.3) is 0 Å². The molecule has 0 fully saturated rings. The van der Waals surface area contributed by atoms with Gasteiger partial charge >= 0.3 is 0 Å². The lowest BCUT2D eigenvalue weighted by Gasteiger charge is -2.33. The third-order valence-corrected chi connectivity index (χ3v) is 3.86. The van der Waals surface area contributed by atoms with Crippen molar-refractivity contribution in [2.24, 2.45) is 5.92 Å². The monoisotopic (exact) mass is 265 g/mol. The van der Waals surface area contributed by atoms with E-state index in [0.29, 0.717) is 5.92 Å². The number of carbonyl (C=O) groups is 1. The van der Waals surface area contributed by atoms with Crippen LogP contribution >= 0.6 is 0 Å². The van der Waals surface area contributed by atoms with Gasteiger partial charge in [0.15, 0.2) is 0 Å². The molecule has 1 unspecified atom stereocenters. The number of hydrogen-bond acceptors (Lipinski definition) is 1. The maximum Gasteiger partial charge on any atom is 0.258 e. The lowest BCUT2D eigenvalue weighted by molar-refractivity contribution is 0.0981. The molecule has 0 N–H and O–H groups in total. The first-order valence-electron chi connectivity index (χ1n) is 7.11. The van der Waals surface area contributed by atoms with E-state index < -0.39 is 0 Å². The van der Waals surface area contributed by atoms with Crippen LogP contribution in [0.1, 0.15) is 28.4 Å². The van der Waals surface area contributed by atoms with E-state index in [1.54, 1.807) is 0 Å². The van der Waals surface area contributed by atoms with Crippen molar-refractivity contribution in [3.05, 3.63) is 65.2 Å². The van der Waals surface area contributed by atoms with Crippen molar-refractivity contribution in [3.63, 3.8) is 0 Å². The van der Waals surface area contributed by atoms with Crippen molar-refractivity contribution in [2.45, 2.75) is 20.3 Å². The van der Waals surface area contributed by atoms with E-state index in [9.17, 15) is 4.79 Å². The number of rotatable bonds is 1. The second-order valence-corrected chi connectivity index (χ2v) is 5.72. The fourth-order valence-corrected chi connectivity index (χ4v) is 2.92. The summed E-state index contributed by atoms with van der Waals surface area (Å²) in [5.41, 5.74) is 4.23. The van der Waals surface area contributed by atoms with Crippen molar-refractivity contribution in [1.29, 1.82) is 0 Å². The number of aryl methyl sites for hydroxylation is 1. The van der Waals surface area contributed by atoms with Gasteiger partial charge in [-0.3, -0.25) is 4.79 Å². The summed E-state index contributed by atoms with van der Waals surface area (Å²) in [6, 6.07) is 16.1. The van der Waals surface area contributed by atoms with Crippen molar-refractivity contribution in [3.8, 4) is 0 Å². The Morgan fingerprint density at radius 3 is 2.75 bits per heavy atom. The van der Waals surface area contributed by atoms with Crippen molar-refractivity contribution < 1.29 is 4.79 Å². The summed E-state index contributed by atoms with van der Waals surface area (Å²) in [5.74, 6) is 0.603. The molecule has 2 heteroatoms. The van der Waals surface area contributed by atoms with Gasteiger partial charge in [0, 0.05) is 17.8 Å². The SMILES string of the molecule is Cc1cccc(C(=O)N2CC(C)Cc3ccccc32)c1. The van der Waals surface area contributed by atoms with Gasteiger partial charge in [0.05, 0.1) is 0 Å². The molecule has 0 aliphatic carbocycles. The highest BCUT2D eigenvalue weighted by molar-refractivity contribution is 6.06. The number of para-hydroxylation sites is 1. The molecular formula is C18H19NO. The van der Waals surface area contributed by atoms with Crippen molar-refractivity contribution in [2.75, 3.05) is 11.4 Å². The molecule has 1 amide bonds.